The zero-order valence-electron chi connectivity index (χ0n) is 15.6. The van der Waals surface area contributed by atoms with Gasteiger partial charge >= 0.3 is 12.0 Å². The number of amides is 3. The highest BCUT2D eigenvalue weighted by atomic mass is 16.5. The van der Waals surface area contributed by atoms with Gasteiger partial charge in [0.15, 0.2) is 0 Å². The van der Waals surface area contributed by atoms with Gasteiger partial charge in [-0.25, -0.2) is 9.59 Å². The SMILES string of the molecule is CCNC(=O)NC(=O)[C@H](OC(=O)c1ccc(N(C)C)cc1)c1ccccc1. The number of benzene rings is 2. The average Bonchev–Trinajstić information content (AvgIpc) is 2.66. The van der Waals surface area contributed by atoms with Crippen molar-refractivity contribution in [1.29, 1.82) is 0 Å². The summed E-state index contributed by atoms with van der Waals surface area (Å²) in [5, 5.41) is 4.66. The van der Waals surface area contributed by atoms with Crippen molar-refractivity contribution in [2.45, 2.75) is 13.0 Å². The van der Waals surface area contributed by atoms with E-state index in [1.165, 1.54) is 0 Å². The Labute approximate surface area is 158 Å². The van der Waals surface area contributed by atoms with Crippen LogP contribution in [0.4, 0.5) is 10.5 Å². The molecule has 142 valence electrons. The Morgan fingerprint density at radius 3 is 2.19 bits per heavy atom. The predicted molar refractivity (Wildman–Crippen MR) is 103 cm³/mol. The Morgan fingerprint density at radius 1 is 1.00 bits per heavy atom. The molecule has 0 radical (unpaired) electrons. The maximum atomic E-state index is 12.5. The Morgan fingerprint density at radius 2 is 1.63 bits per heavy atom. The minimum Gasteiger partial charge on any atom is -0.444 e. The van der Waals surface area contributed by atoms with E-state index in [2.05, 4.69) is 10.6 Å². The van der Waals surface area contributed by atoms with Gasteiger partial charge < -0.3 is 15.0 Å². The number of nitrogens with zero attached hydrogens (tertiary/aromatic N) is 1. The van der Waals surface area contributed by atoms with Crippen LogP contribution in [0.3, 0.4) is 0 Å². The molecule has 0 heterocycles. The number of esters is 1. The normalized spacial score (nSPS) is 11.2. The average molecular weight is 369 g/mol. The van der Waals surface area contributed by atoms with Crippen LogP contribution in [0.15, 0.2) is 54.6 Å². The molecule has 7 heteroatoms. The van der Waals surface area contributed by atoms with Gasteiger partial charge in [-0.05, 0) is 31.2 Å². The molecule has 0 aliphatic rings. The summed E-state index contributed by atoms with van der Waals surface area (Å²) in [7, 11) is 3.79. The first-order chi connectivity index (χ1) is 12.9. The van der Waals surface area contributed by atoms with Gasteiger partial charge in [-0.15, -0.1) is 0 Å². The number of nitrogens with one attached hydrogen (secondary N) is 2. The van der Waals surface area contributed by atoms with E-state index in [4.69, 9.17) is 4.74 Å². The quantitative estimate of drug-likeness (QED) is 0.764. The fourth-order valence-corrected chi connectivity index (χ4v) is 2.35. The van der Waals surface area contributed by atoms with Crippen molar-refractivity contribution in [3.8, 4) is 0 Å². The Balaban J connectivity index is 2.19. The van der Waals surface area contributed by atoms with Gasteiger partial charge in [-0.1, -0.05) is 30.3 Å². The van der Waals surface area contributed by atoms with E-state index in [-0.39, 0.29) is 0 Å². The van der Waals surface area contributed by atoms with Crippen LogP contribution in [0.2, 0.25) is 0 Å². The van der Waals surface area contributed by atoms with Crippen LogP contribution in [0.25, 0.3) is 0 Å². The second-order valence-corrected chi connectivity index (χ2v) is 5.99. The Bertz CT molecular complexity index is 789. The van der Waals surface area contributed by atoms with E-state index in [0.717, 1.165) is 5.69 Å². The van der Waals surface area contributed by atoms with E-state index in [1.807, 2.05) is 19.0 Å². The molecule has 0 saturated carbocycles. The Hall–Kier alpha value is -3.35. The first-order valence-corrected chi connectivity index (χ1v) is 8.54. The lowest BCUT2D eigenvalue weighted by molar-refractivity contribution is -0.129. The molecule has 2 aromatic carbocycles. The van der Waals surface area contributed by atoms with E-state index < -0.39 is 24.0 Å². The number of anilines is 1. The van der Waals surface area contributed by atoms with Crippen LogP contribution in [0.5, 0.6) is 0 Å². The molecule has 2 N–H and O–H groups in total. The van der Waals surface area contributed by atoms with Gasteiger partial charge in [0.2, 0.25) is 6.10 Å². The van der Waals surface area contributed by atoms with Crippen LogP contribution >= 0.6 is 0 Å². The summed E-state index contributed by atoms with van der Waals surface area (Å²) < 4.78 is 5.42. The third-order valence-electron chi connectivity index (χ3n) is 3.76. The lowest BCUT2D eigenvalue weighted by Crippen LogP contribution is -2.42. The van der Waals surface area contributed by atoms with Gasteiger partial charge in [0, 0.05) is 31.9 Å². The number of imide groups is 1. The smallest absolute Gasteiger partial charge is 0.339 e. The molecule has 0 aliphatic heterocycles. The van der Waals surface area contributed by atoms with Crippen LogP contribution < -0.4 is 15.5 Å². The molecule has 2 aromatic rings. The summed E-state index contributed by atoms with van der Waals surface area (Å²) >= 11 is 0. The lowest BCUT2D eigenvalue weighted by atomic mass is 10.1. The van der Waals surface area contributed by atoms with E-state index in [0.29, 0.717) is 17.7 Å². The number of carbonyl (C=O) groups is 3. The summed E-state index contributed by atoms with van der Waals surface area (Å²) in [4.78, 5) is 38.6. The van der Waals surface area contributed by atoms with Crippen molar-refractivity contribution in [1.82, 2.24) is 10.6 Å². The molecule has 0 saturated heterocycles. The van der Waals surface area contributed by atoms with Gasteiger partial charge in [0.1, 0.15) is 0 Å². The van der Waals surface area contributed by atoms with Crippen molar-refractivity contribution in [3.63, 3.8) is 0 Å². The first-order valence-electron chi connectivity index (χ1n) is 8.54. The van der Waals surface area contributed by atoms with Crippen LogP contribution in [-0.2, 0) is 9.53 Å². The minimum atomic E-state index is -1.24. The summed E-state index contributed by atoms with van der Waals surface area (Å²) in [5.41, 5.74) is 1.71. The highest BCUT2D eigenvalue weighted by Gasteiger charge is 2.27. The fraction of sp³-hybridized carbons (Fsp3) is 0.250. The van der Waals surface area contributed by atoms with E-state index >= 15 is 0 Å². The van der Waals surface area contributed by atoms with Crippen molar-refractivity contribution in [3.05, 3.63) is 65.7 Å². The molecule has 0 bridgehead atoms. The van der Waals surface area contributed by atoms with Crippen molar-refractivity contribution in [2.24, 2.45) is 0 Å². The largest absolute Gasteiger partial charge is 0.444 e. The number of rotatable bonds is 6. The number of ether oxygens (including phenoxy) is 1. The van der Waals surface area contributed by atoms with Crippen LogP contribution in [-0.4, -0.2) is 38.5 Å². The summed E-state index contributed by atoms with van der Waals surface area (Å²) in [6.45, 7) is 2.10. The predicted octanol–water partition coefficient (Wildman–Crippen LogP) is 2.50. The van der Waals surface area contributed by atoms with Crippen molar-refractivity contribution >= 4 is 23.6 Å². The third-order valence-corrected chi connectivity index (χ3v) is 3.76. The molecular weight excluding hydrogens is 346 g/mol. The van der Waals surface area contributed by atoms with Gasteiger partial charge in [0.25, 0.3) is 5.91 Å². The highest BCUT2D eigenvalue weighted by Crippen LogP contribution is 2.21. The highest BCUT2D eigenvalue weighted by molar-refractivity contribution is 5.99. The van der Waals surface area contributed by atoms with Crippen LogP contribution in [0, 0.1) is 0 Å². The van der Waals surface area contributed by atoms with E-state index in [1.54, 1.807) is 61.5 Å². The lowest BCUT2D eigenvalue weighted by Gasteiger charge is -2.18. The molecule has 0 fully saturated rings. The van der Waals surface area contributed by atoms with Gasteiger partial charge in [-0.3, -0.25) is 10.1 Å². The fourth-order valence-electron chi connectivity index (χ4n) is 2.35. The molecule has 0 aromatic heterocycles. The zero-order chi connectivity index (χ0) is 19.8. The molecule has 0 aliphatic carbocycles. The molecule has 7 nitrogen and oxygen atoms in total. The number of hydrogen-bond acceptors (Lipinski definition) is 5. The summed E-state index contributed by atoms with van der Waals surface area (Å²) in [6, 6.07) is 14.7. The van der Waals surface area contributed by atoms with Crippen molar-refractivity contribution in [2.75, 3.05) is 25.5 Å². The standard InChI is InChI=1S/C20H23N3O4/c1-4-21-20(26)22-18(24)17(14-8-6-5-7-9-14)27-19(25)15-10-12-16(13-11-15)23(2)3/h5-13,17H,4H2,1-3H3,(H2,21,22,24,26)/t17-/m1/s1. The summed E-state index contributed by atoms with van der Waals surface area (Å²) in [6.07, 6.45) is -1.24. The molecule has 3 amide bonds. The second kappa shape index (κ2) is 9.38. The number of urea groups is 1. The monoisotopic (exact) mass is 369 g/mol. The van der Waals surface area contributed by atoms with E-state index in [9.17, 15) is 14.4 Å². The second-order valence-electron chi connectivity index (χ2n) is 5.99. The molecule has 1 atom stereocenters. The molecular formula is C20H23N3O4. The van der Waals surface area contributed by atoms with Crippen LogP contribution in [0.1, 0.15) is 28.9 Å². The number of hydrogen-bond donors (Lipinski definition) is 2. The maximum absolute atomic E-state index is 12.5. The van der Waals surface area contributed by atoms with Crippen molar-refractivity contribution < 1.29 is 19.1 Å². The Kier molecular flexibility index (Phi) is 6.93. The molecule has 0 unspecified atom stereocenters. The molecule has 27 heavy (non-hydrogen) atoms. The summed E-state index contributed by atoms with van der Waals surface area (Å²) in [5.74, 6) is -1.37. The first kappa shape index (κ1) is 20.0. The van der Waals surface area contributed by atoms with Gasteiger partial charge in [-0.2, -0.15) is 0 Å². The molecule has 2 rings (SSSR count). The molecule has 0 spiro atoms. The topological polar surface area (TPSA) is 87.7 Å². The third kappa shape index (κ3) is 5.57. The zero-order valence-corrected chi connectivity index (χ0v) is 15.6. The van der Waals surface area contributed by atoms with Gasteiger partial charge in [0.05, 0.1) is 5.56 Å². The minimum absolute atomic E-state index is 0.312. The number of carbonyl (C=O) groups excluding carboxylic acids is 3. The maximum Gasteiger partial charge on any atom is 0.339 e.